The lowest BCUT2D eigenvalue weighted by molar-refractivity contribution is 0.414. The molecule has 0 amide bonds. The van der Waals surface area contributed by atoms with Crippen molar-refractivity contribution >= 4 is 23.1 Å². The minimum absolute atomic E-state index is 0.0452. The van der Waals surface area contributed by atoms with E-state index in [1.807, 2.05) is 28.5 Å². The van der Waals surface area contributed by atoms with Crippen LogP contribution in [0, 0.1) is 12.8 Å². The van der Waals surface area contributed by atoms with Crippen molar-refractivity contribution in [3.05, 3.63) is 45.0 Å². The predicted molar refractivity (Wildman–Crippen MR) is 104 cm³/mol. The van der Waals surface area contributed by atoms with Crippen molar-refractivity contribution in [1.82, 2.24) is 9.55 Å². The molecule has 5 nitrogen and oxygen atoms in total. The van der Waals surface area contributed by atoms with Gasteiger partial charge in [-0.15, -0.1) is 0 Å². The highest BCUT2D eigenvalue weighted by molar-refractivity contribution is 6.29. The Labute approximate surface area is 158 Å². The number of aryl methyl sites for hydroxylation is 1. The van der Waals surface area contributed by atoms with Crippen LogP contribution in [-0.2, 0) is 6.42 Å². The second kappa shape index (κ2) is 6.62. The fourth-order valence-electron chi connectivity index (χ4n) is 4.19. The average molecular weight is 374 g/mol. The molecular weight excluding hydrogens is 350 g/mol. The number of methoxy groups -OCH3 is 1. The summed E-state index contributed by atoms with van der Waals surface area (Å²) >= 11 is 6.32. The summed E-state index contributed by atoms with van der Waals surface area (Å²) in [6.45, 7) is 4.90. The number of hydrogen-bond donors (Lipinski definition) is 0. The summed E-state index contributed by atoms with van der Waals surface area (Å²) in [6, 6.07) is 4.25. The molecule has 138 valence electrons. The first-order valence-electron chi connectivity index (χ1n) is 9.27. The normalized spacial score (nSPS) is 17.3. The lowest BCUT2D eigenvalue weighted by Gasteiger charge is -2.24. The third-order valence-electron chi connectivity index (χ3n) is 5.54. The van der Waals surface area contributed by atoms with Gasteiger partial charge in [0.1, 0.15) is 10.9 Å². The predicted octanol–water partition coefficient (Wildman–Crippen LogP) is 4.27. The Morgan fingerprint density at radius 3 is 2.81 bits per heavy atom. The number of benzene rings is 1. The Morgan fingerprint density at radius 2 is 2.15 bits per heavy atom. The highest BCUT2D eigenvalue weighted by atomic mass is 35.5. The second-order valence-corrected chi connectivity index (χ2v) is 7.65. The Bertz CT molecular complexity index is 905. The number of nitrogens with zero attached hydrogens (tertiary/aromatic N) is 3. The number of rotatable bonds is 5. The molecular formula is C20H24ClN3O2. The Kier molecular flexibility index (Phi) is 4.43. The minimum atomic E-state index is -0.0452. The van der Waals surface area contributed by atoms with E-state index >= 15 is 0 Å². The van der Waals surface area contributed by atoms with Crippen LogP contribution >= 0.6 is 11.6 Å². The Hall–Kier alpha value is -2.01. The van der Waals surface area contributed by atoms with Crippen molar-refractivity contribution in [2.45, 2.75) is 45.6 Å². The number of aromatic nitrogens is 2. The minimum Gasteiger partial charge on any atom is -0.497 e. The van der Waals surface area contributed by atoms with Crippen LogP contribution in [0.25, 0.3) is 0 Å². The van der Waals surface area contributed by atoms with Gasteiger partial charge in [0.25, 0.3) is 5.56 Å². The van der Waals surface area contributed by atoms with E-state index in [0.717, 1.165) is 36.4 Å². The number of fused-ring (bicyclic) bond motifs is 1. The van der Waals surface area contributed by atoms with Crippen molar-refractivity contribution < 1.29 is 4.74 Å². The van der Waals surface area contributed by atoms with Gasteiger partial charge in [-0.3, -0.25) is 4.79 Å². The van der Waals surface area contributed by atoms with E-state index in [2.05, 4.69) is 11.9 Å². The van der Waals surface area contributed by atoms with Crippen LogP contribution in [0.1, 0.15) is 43.4 Å². The zero-order valence-electron chi connectivity index (χ0n) is 15.5. The van der Waals surface area contributed by atoms with Crippen LogP contribution in [0.15, 0.2) is 23.1 Å². The van der Waals surface area contributed by atoms with Gasteiger partial charge in [-0.05, 0) is 61.8 Å². The van der Waals surface area contributed by atoms with Gasteiger partial charge < -0.3 is 14.2 Å². The van der Waals surface area contributed by atoms with E-state index in [4.69, 9.17) is 16.3 Å². The van der Waals surface area contributed by atoms with E-state index in [1.165, 1.54) is 18.4 Å². The molecule has 1 unspecified atom stereocenters. The van der Waals surface area contributed by atoms with Gasteiger partial charge in [0.05, 0.1) is 7.11 Å². The molecule has 1 aliphatic heterocycles. The quantitative estimate of drug-likeness (QED) is 0.785. The molecule has 0 radical (unpaired) electrons. The molecule has 2 aromatic rings. The molecule has 6 heteroatoms. The van der Waals surface area contributed by atoms with E-state index in [0.29, 0.717) is 16.9 Å². The summed E-state index contributed by atoms with van der Waals surface area (Å²) in [5.41, 5.74) is 3.28. The van der Waals surface area contributed by atoms with Gasteiger partial charge in [-0.1, -0.05) is 18.5 Å². The molecule has 1 atom stereocenters. The van der Waals surface area contributed by atoms with Crippen LogP contribution < -0.4 is 15.2 Å². The molecule has 0 spiro atoms. The molecule has 1 aromatic carbocycles. The first kappa shape index (κ1) is 17.4. The molecule has 4 rings (SSSR count). The zero-order chi connectivity index (χ0) is 18.4. The Morgan fingerprint density at radius 1 is 1.38 bits per heavy atom. The van der Waals surface area contributed by atoms with E-state index in [9.17, 15) is 4.79 Å². The largest absolute Gasteiger partial charge is 0.497 e. The molecule has 1 aliphatic carbocycles. The maximum Gasteiger partial charge on any atom is 0.294 e. The molecule has 2 heterocycles. The van der Waals surface area contributed by atoms with Gasteiger partial charge in [-0.25, -0.2) is 4.98 Å². The van der Waals surface area contributed by atoms with Crippen molar-refractivity contribution in [2.24, 2.45) is 5.92 Å². The molecule has 26 heavy (non-hydrogen) atoms. The SMILES string of the molecule is CCC(C1CC1)n1cc(Cl)nc(N2CCc3cc(OC)cc(C)c32)c1=O. The number of ether oxygens (including phenoxy) is 1. The van der Waals surface area contributed by atoms with Gasteiger partial charge in [-0.2, -0.15) is 0 Å². The second-order valence-electron chi connectivity index (χ2n) is 7.27. The molecule has 2 aliphatic rings. The monoisotopic (exact) mass is 373 g/mol. The number of halogens is 1. The fourth-order valence-corrected chi connectivity index (χ4v) is 4.38. The lowest BCUT2D eigenvalue weighted by Crippen LogP contribution is -2.32. The standard InChI is InChI=1S/C20H24ClN3O2/c1-4-16(13-5-6-13)24-11-17(21)22-19(20(24)25)23-8-7-14-10-15(26-3)9-12(2)18(14)23/h9-11,13,16H,4-8H2,1-3H3. The van der Waals surface area contributed by atoms with Crippen molar-refractivity contribution in [3.8, 4) is 5.75 Å². The maximum atomic E-state index is 13.3. The first-order chi connectivity index (χ1) is 12.5. The summed E-state index contributed by atoms with van der Waals surface area (Å²) in [4.78, 5) is 19.7. The van der Waals surface area contributed by atoms with Gasteiger partial charge in [0.15, 0.2) is 0 Å². The van der Waals surface area contributed by atoms with Crippen LogP contribution in [-0.4, -0.2) is 23.2 Å². The average Bonchev–Trinajstić information content (AvgIpc) is 3.36. The summed E-state index contributed by atoms with van der Waals surface area (Å²) in [6.07, 6.45) is 5.87. The van der Waals surface area contributed by atoms with E-state index in [1.54, 1.807) is 13.3 Å². The summed E-state index contributed by atoms with van der Waals surface area (Å²) in [7, 11) is 1.67. The molecule has 0 N–H and O–H groups in total. The van der Waals surface area contributed by atoms with Crippen LogP contribution in [0.2, 0.25) is 5.15 Å². The van der Waals surface area contributed by atoms with E-state index < -0.39 is 0 Å². The number of hydrogen-bond acceptors (Lipinski definition) is 4. The lowest BCUT2D eigenvalue weighted by atomic mass is 10.1. The Balaban J connectivity index is 1.81. The third-order valence-corrected chi connectivity index (χ3v) is 5.73. The molecule has 1 aromatic heterocycles. The van der Waals surface area contributed by atoms with Crippen molar-refractivity contribution in [1.29, 1.82) is 0 Å². The maximum absolute atomic E-state index is 13.3. The molecule has 1 saturated carbocycles. The van der Waals surface area contributed by atoms with Crippen LogP contribution in [0.4, 0.5) is 11.5 Å². The smallest absolute Gasteiger partial charge is 0.294 e. The summed E-state index contributed by atoms with van der Waals surface area (Å²) < 4.78 is 7.20. The van der Waals surface area contributed by atoms with Gasteiger partial charge in [0, 0.05) is 24.5 Å². The van der Waals surface area contributed by atoms with Crippen LogP contribution in [0.5, 0.6) is 5.75 Å². The highest BCUT2D eigenvalue weighted by Gasteiger charge is 2.34. The van der Waals surface area contributed by atoms with Crippen molar-refractivity contribution in [2.75, 3.05) is 18.6 Å². The van der Waals surface area contributed by atoms with Gasteiger partial charge in [0.2, 0.25) is 5.82 Å². The highest BCUT2D eigenvalue weighted by Crippen LogP contribution is 2.42. The first-order valence-corrected chi connectivity index (χ1v) is 9.65. The number of anilines is 2. The topological polar surface area (TPSA) is 47.4 Å². The zero-order valence-corrected chi connectivity index (χ0v) is 16.2. The van der Waals surface area contributed by atoms with E-state index in [-0.39, 0.29) is 11.6 Å². The molecule has 0 saturated heterocycles. The summed E-state index contributed by atoms with van der Waals surface area (Å²) in [5.74, 6) is 1.86. The molecule has 1 fully saturated rings. The van der Waals surface area contributed by atoms with Gasteiger partial charge >= 0.3 is 0 Å². The third kappa shape index (κ3) is 2.88. The summed E-state index contributed by atoms with van der Waals surface area (Å²) in [5, 5.41) is 0.373. The van der Waals surface area contributed by atoms with Crippen molar-refractivity contribution in [3.63, 3.8) is 0 Å². The fraction of sp³-hybridized carbons (Fsp3) is 0.500. The van der Waals surface area contributed by atoms with Crippen LogP contribution in [0.3, 0.4) is 0 Å². The molecule has 0 bridgehead atoms.